The van der Waals surface area contributed by atoms with E-state index in [4.69, 9.17) is 4.74 Å². The first-order valence-electron chi connectivity index (χ1n) is 8.39. The lowest BCUT2D eigenvalue weighted by molar-refractivity contribution is 0.0992. The molecule has 0 aliphatic carbocycles. The molecule has 2 saturated heterocycles. The summed E-state index contributed by atoms with van der Waals surface area (Å²) in [6.07, 6.45) is 9.62. The number of hydrogen-bond donors (Lipinski definition) is 2. The molecule has 8 heteroatoms. The molecule has 2 aliphatic heterocycles. The van der Waals surface area contributed by atoms with Gasteiger partial charge in [-0.3, -0.25) is 4.99 Å². The molecule has 0 radical (unpaired) electrons. The molecule has 3 atom stereocenters. The Morgan fingerprint density at radius 1 is 1.40 bits per heavy atom. The van der Waals surface area contributed by atoms with Gasteiger partial charge in [-0.15, -0.1) is 24.0 Å². The summed E-state index contributed by atoms with van der Waals surface area (Å²) in [6.45, 7) is 0.679. The van der Waals surface area contributed by atoms with Gasteiger partial charge in [0.1, 0.15) is 0 Å². The zero-order chi connectivity index (χ0) is 16.4. The quantitative estimate of drug-likeness (QED) is 0.419. The highest BCUT2D eigenvalue weighted by Crippen LogP contribution is 2.34. The first kappa shape index (κ1) is 18.1. The third-order valence-corrected chi connectivity index (χ3v) is 4.66. The fourth-order valence-electron chi connectivity index (χ4n) is 3.45. The number of aromatic nitrogens is 3. The zero-order valence-electron chi connectivity index (χ0n) is 14.1. The number of nitrogens with zero attached hydrogens (tertiary/aromatic N) is 4. The molecule has 0 saturated carbocycles. The van der Waals surface area contributed by atoms with E-state index in [-0.39, 0.29) is 24.0 Å². The Hall–Kier alpha value is -1.68. The molecule has 2 aliphatic rings. The number of rotatable bonds is 4. The van der Waals surface area contributed by atoms with Gasteiger partial charge >= 0.3 is 0 Å². The molecule has 2 bridgehead atoms. The van der Waals surface area contributed by atoms with Crippen LogP contribution in [0.3, 0.4) is 0 Å². The van der Waals surface area contributed by atoms with E-state index in [9.17, 15) is 0 Å². The zero-order valence-corrected chi connectivity index (χ0v) is 16.5. The Kier molecular flexibility index (Phi) is 5.89. The maximum absolute atomic E-state index is 5.89. The summed E-state index contributed by atoms with van der Waals surface area (Å²) in [4.78, 5) is 8.68. The number of pyridine rings is 1. The summed E-state index contributed by atoms with van der Waals surface area (Å²) in [7, 11) is 1.80. The number of nitrogens with one attached hydrogen (secondary N) is 2. The molecule has 0 aromatic carbocycles. The molecule has 7 nitrogen and oxygen atoms in total. The fourth-order valence-corrected chi connectivity index (χ4v) is 3.45. The summed E-state index contributed by atoms with van der Waals surface area (Å²) in [5, 5.41) is 11.1. The normalized spacial score (nSPS) is 24.8. The molecule has 3 unspecified atom stereocenters. The van der Waals surface area contributed by atoms with Crippen molar-refractivity contribution in [2.45, 2.75) is 44.1 Å². The van der Waals surface area contributed by atoms with Crippen LogP contribution in [0.25, 0.3) is 5.82 Å². The lowest BCUT2D eigenvalue weighted by Crippen LogP contribution is -2.47. The van der Waals surface area contributed by atoms with Gasteiger partial charge < -0.3 is 15.4 Å². The van der Waals surface area contributed by atoms with E-state index in [0.29, 0.717) is 24.8 Å². The second kappa shape index (κ2) is 8.13. The topological polar surface area (TPSA) is 76.4 Å². The number of fused-ring (bicyclic) bond motifs is 2. The predicted molar refractivity (Wildman–Crippen MR) is 106 cm³/mol. The van der Waals surface area contributed by atoms with Crippen LogP contribution in [0.15, 0.2) is 41.8 Å². The van der Waals surface area contributed by atoms with Gasteiger partial charge in [-0.1, -0.05) is 0 Å². The monoisotopic (exact) mass is 454 g/mol. The first-order valence-corrected chi connectivity index (χ1v) is 8.39. The Morgan fingerprint density at radius 2 is 2.32 bits per heavy atom. The maximum Gasteiger partial charge on any atom is 0.191 e. The van der Waals surface area contributed by atoms with Gasteiger partial charge in [-0.2, -0.15) is 5.10 Å². The van der Waals surface area contributed by atoms with Gasteiger partial charge in [0.05, 0.1) is 18.2 Å². The summed E-state index contributed by atoms with van der Waals surface area (Å²) in [6, 6.07) is 6.27. The number of ether oxygens (including phenoxy) is 1. The molecule has 4 rings (SSSR count). The molecule has 2 aromatic rings. The molecule has 134 valence electrons. The molecule has 4 heterocycles. The average molecular weight is 454 g/mol. The van der Waals surface area contributed by atoms with Gasteiger partial charge in [0, 0.05) is 32.2 Å². The maximum atomic E-state index is 5.89. The number of aliphatic imine (C=N–C) groups is 1. The van der Waals surface area contributed by atoms with Crippen LogP contribution in [-0.4, -0.2) is 46.0 Å². The van der Waals surface area contributed by atoms with E-state index in [1.807, 2.05) is 24.4 Å². The van der Waals surface area contributed by atoms with Crippen molar-refractivity contribution in [3.05, 3.63) is 42.4 Å². The smallest absolute Gasteiger partial charge is 0.191 e. The van der Waals surface area contributed by atoms with Crippen molar-refractivity contribution in [1.82, 2.24) is 25.4 Å². The number of hydrogen-bond acceptors (Lipinski definition) is 4. The third kappa shape index (κ3) is 4.12. The van der Waals surface area contributed by atoms with E-state index < -0.39 is 0 Å². The number of halogens is 1. The van der Waals surface area contributed by atoms with Gasteiger partial charge in [0.15, 0.2) is 11.8 Å². The average Bonchev–Trinajstić information content (AvgIpc) is 3.36. The molecule has 25 heavy (non-hydrogen) atoms. The lowest BCUT2D eigenvalue weighted by atomic mass is 9.96. The summed E-state index contributed by atoms with van der Waals surface area (Å²) < 4.78 is 7.64. The van der Waals surface area contributed by atoms with Crippen molar-refractivity contribution in [1.29, 1.82) is 0 Å². The summed E-state index contributed by atoms with van der Waals surface area (Å²) >= 11 is 0. The van der Waals surface area contributed by atoms with Crippen LogP contribution in [0.4, 0.5) is 0 Å². The van der Waals surface area contributed by atoms with Crippen LogP contribution in [0.1, 0.15) is 24.8 Å². The molecule has 0 spiro atoms. The van der Waals surface area contributed by atoms with Crippen LogP contribution in [-0.2, 0) is 11.3 Å². The Bertz CT molecular complexity index is 720. The van der Waals surface area contributed by atoms with Crippen molar-refractivity contribution in [3.63, 3.8) is 0 Å². The fraction of sp³-hybridized carbons (Fsp3) is 0.471. The van der Waals surface area contributed by atoms with Crippen molar-refractivity contribution >= 4 is 29.9 Å². The van der Waals surface area contributed by atoms with Crippen LogP contribution in [0.2, 0.25) is 0 Å². The highest BCUT2D eigenvalue weighted by Gasteiger charge is 2.41. The Balaban J connectivity index is 0.00000182. The summed E-state index contributed by atoms with van der Waals surface area (Å²) in [5.41, 5.74) is 1.13. The Morgan fingerprint density at radius 3 is 3.00 bits per heavy atom. The largest absolute Gasteiger partial charge is 0.373 e. The molecule has 2 N–H and O–H groups in total. The highest BCUT2D eigenvalue weighted by molar-refractivity contribution is 14.0. The van der Waals surface area contributed by atoms with Crippen molar-refractivity contribution < 1.29 is 4.74 Å². The van der Waals surface area contributed by atoms with Crippen LogP contribution < -0.4 is 10.6 Å². The second-order valence-corrected chi connectivity index (χ2v) is 6.26. The standard InChI is InChI=1S/C17H22N6O.HI/c1-18-17(22-14-10-13-3-4-15(14)24-13)20-11-12-5-7-19-16(9-12)23-8-2-6-21-23;/h2,5-9,13-15H,3-4,10-11H2,1H3,(H2,18,20,22);1H. The third-order valence-electron chi connectivity index (χ3n) is 4.66. The minimum absolute atomic E-state index is 0. The van der Waals surface area contributed by atoms with E-state index in [1.54, 1.807) is 24.1 Å². The van der Waals surface area contributed by atoms with Crippen LogP contribution >= 0.6 is 24.0 Å². The lowest BCUT2D eigenvalue weighted by Gasteiger charge is -2.22. The molecule has 2 aromatic heterocycles. The van der Waals surface area contributed by atoms with E-state index in [0.717, 1.165) is 30.2 Å². The molecule has 0 amide bonds. The van der Waals surface area contributed by atoms with Gasteiger partial charge in [0.25, 0.3) is 0 Å². The van der Waals surface area contributed by atoms with E-state index in [2.05, 4.69) is 25.7 Å². The number of guanidine groups is 1. The minimum Gasteiger partial charge on any atom is -0.373 e. The van der Waals surface area contributed by atoms with E-state index >= 15 is 0 Å². The molecular weight excluding hydrogens is 431 g/mol. The Labute approximate surface area is 164 Å². The van der Waals surface area contributed by atoms with Crippen molar-refractivity contribution in [3.8, 4) is 5.82 Å². The van der Waals surface area contributed by atoms with Crippen LogP contribution in [0.5, 0.6) is 0 Å². The van der Waals surface area contributed by atoms with Crippen LogP contribution in [0, 0.1) is 0 Å². The molecule has 2 fully saturated rings. The van der Waals surface area contributed by atoms with Gasteiger partial charge in [-0.25, -0.2) is 9.67 Å². The highest BCUT2D eigenvalue weighted by atomic mass is 127. The van der Waals surface area contributed by atoms with Crippen molar-refractivity contribution in [2.75, 3.05) is 7.05 Å². The first-order chi connectivity index (χ1) is 11.8. The minimum atomic E-state index is 0. The van der Waals surface area contributed by atoms with E-state index in [1.165, 1.54) is 6.42 Å². The second-order valence-electron chi connectivity index (χ2n) is 6.26. The summed E-state index contributed by atoms with van der Waals surface area (Å²) in [5.74, 6) is 1.62. The SMILES string of the molecule is CN=C(NCc1ccnc(-n2cccn2)c1)NC1CC2CCC1O2.I. The van der Waals surface area contributed by atoms with Crippen molar-refractivity contribution in [2.24, 2.45) is 4.99 Å². The van der Waals surface area contributed by atoms with Gasteiger partial charge in [-0.05, 0) is 43.0 Å². The molecular formula is C17H23IN6O. The predicted octanol–water partition coefficient (Wildman–Crippen LogP) is 1.87. The van der Waals surface area contributed by atoms with Gasteiger partial charge in [0.2, 0.25) is 0 Å².